The van der Waals surface area contributed by atoms with Gasteiger partial charge in [-0.05, 0) is 25.0 Å². The smallest absolute Gasteiger partial charge is 0.289 e. The van der Waals surface area contributed by atoms with E-state index in [9.17, 15) is 10.1 Å². The van der Waals surface area contributed by atoms with Crippen molar-refractivity contribution in [3.63, 3.8) is 0 Å². The number of nitriles is 1. The Balaban J connectivity index is 1.58. The van der Waals surface area contributed by atoms with Gasteiger partial charge in [0.05, 0.1) is 23.6 Å². The Labute approximate surface area is 139 Å². The fourth-order valence-electron chi connectivity index (χ4n) is 2.80. The number of aromatic hydroxyl groups is 1. The van der Waals surface area contributed by atoms with Crippen LogP contribution in [0.4, 0.5) is 5.69 Å². The van der Waals surface area contributed by atoms with E-state index in [4.69, 9.17) is 5.11 Å². The molecule has 0 spiro atoms. The number of carbonyl (C=O) groups excluding carboxylic acids is 1. The Kier molecular flexibility index (Phi) is 4.57. The van der Waals surface area contributed by atoms with Crippen LogP contribution in [0.15, 0.2) is 36.7 Å². The summed E-state index contributed by atoms with van der Waals surface area (Å²) in [6, 6.07) is 9.79. The van der Waals surface area contributed by atoms with Gasteiger partial charge in [0.2, 0.25) is 5.82 Å². The van der Waals surface area contributed by atoms with E-state index in [-0.39, 0.29) is 23.5 Å². The van der Waals surface area contributed by atoms with Gasteiger partial charge in [-0.2, -0.15) is 5.26 Å². The van der Waals surface area contributed by atoms with Crippen molar-refractivity contribution in [2.24, 2.45) is 0 Å². The monoisotopic (exact) mass is 323 g/mol. The molecule has 0 radical (unpaired) electrons. The highest BCUT2D eigenvalue weighted by molar-refractivity contribution is 5.90. The molecule has 1 aromatic heterocycles. The van der Waals surface area contributed by atoms with Gasteiger partial charge in [0.25, 0.3) is 5.91 Å². The maximum absolute atomic E-state index is 12.1. The maximum Gasteiger partial charge on any atom is 0.289 e. The van der Waals surface area contributed by atoms with Gasteiger partial charge in [-0.25, -0.2) is 9.97 Å². The Bertz CT molecular complexity index is 761. The molecule has 1 aliphatic heterocycles. The van der Waals surface area contributed by atoms with Gasteiger partial charge in [-0.15, -0.1) is 0 Å². The Morgan fingerprint density at radius 2 is 1.92 bits per heavy atom. The molecular formula is C17H17N5O2. The number of nitrogens with zero attached hydrogens (tertiary/aromatic N) is 4. The van der Waals surface area contributed by atoms with Crippen LogP contribution in [0, 0.1) is 11.3 Å². The molecular weight excluding hydrogens is 306 g/mol. The van der Waals surface area contributed by atoms with Crippen LogP contribution in [0.5, 0.6) is 5.75 Å². The second kappa shape index (κ2) is 6.96. The number of hydrogen-bond donors (Lipinski definition) is 2. The summed E-state index contributed by atoms with van der Waals surface area (Å²) in [5.41, 5.74) is 1.60. The third kappa shape index (κ3) is 3.43. The minimum absolute atomic E-state index is 0.0420. The fraction of sp³-hybridized carbons (Fsp3) is 0.294. The SMILES string of the molecule is N#Cc1ccccc1N1CCC(NC(=O)c2ncc(O)cn2)CC1. The first-order valence-electron chi connectivity index (χ1n) is 7.73. The number of anilines is 1. The average molecular weight is 323 g/mol. The summed E-state index contributed by atoms with van der Waals surface area (Å²) >= 11 is 0. The van der Waals surface area contributed by atoms with Gasteiger partial charge in [0, 0.05) is 19.1 Å². The first kappa shape index (κ1) is 15.7. The number of carbonyl (C=O) groups is 1. The molecule has 1 fully saturated rings. The van der Waals surface area contributed by atoms with Crippen molar-refractivity contribution in [3.8, 4) is 11.8 Å². The summed E-state index contributed by atoms with van der Waals surface area (Å²) in [5, 5.41) is 21.3. The highest BCUT2D eigenvalue weighted by atomic mass is 16.3. The largest absolute Gasteiger partial charge is 0.505 e. The van der Waals surface area contributed by atoms with Crippen LogP contribution in [0.1, 0.15) is 29.0 Å². The van der Waals surface area contributed by atoms with E-state index in [1.165, 1.54) is 12.4 Å². The third-order valence-electron chi connectivity index (χ3n) is 4.04. The van der Waals surface area contributed by atoms with Crippen molar-refractivity contribution < 1.29 is 9.90 Å². The number of hydrogen-bond acceptors (Lipinski definition) is 6. The number of nitrogens with one attached hydrogen (secondary N) is 1. The lowest BCUT2D eigenvalue weighted by Gasteiger charge is -2.34. The summed E-state index contributed by atoms with van der Waals surface area (Å²) in [7, 11) is 0. The number of para-hydroxylation sites is 1. The number of amides is 1. The topological polar surface area (TPSA) is 102 Å². The van der Waals surface area contributed by atoms with E-state index in [1.54, 1.807) is 0 Å². The molecule has 0 bridgehead atoms. The van der Waals surface area contributed by atoms with Gasteiger partial charge < -0.3 is 15.3 Å². The zero-order chi connectivity index (χ0) is 16.9. The molecule has 0 atom stereocenters. The maximum atomic E-state index is 12.1. The Hall–Kier alpha value is -3.14. The minimum Gasteiger partial charge on any atom is -0.505 e. The zero-order valence-corrected chi connectivity index (χ0v) is 13.0. The van der Waals surface area contributed by atoms with Crippen molar-refractivity contribution in [1.29, 1.82) is 5.26 Å². The Morgan fingerprint density at radius 1 is 1.25 bits per heavy atom. The summed E-state index contributed by atoms with van der Waals surface area (Å²) in [6.45, 7) is 1.53. The second-order valence-corrected chi connectivity index (χ2v) is 5.63. The van der Waals surface area contributed by atoms with Crippen molar-refractivity contribution >= 4 is 11.6 Å². The molecule has 1 amide bonds. The van der Waals surface area contributed by atoms with Crippen molar-refractivity contribution in [2.75, 3.05) is 18.0 Å². The van der Waals surface area contributed by atoms with Crippen LogP contribution in [0.25, 0.3) is 0 Å². The van der Waals surface area contributed by atoms with Crippen molar-refractivity contribution in [2.45, 2.75) is 18.9 Å². The van der Waals surface area contributed by atoms with Crippen LogP contribution >= 0.6 is 0 Å². The molecule has 0 unspecified atom stereocenters. The molecule has 0 aliphatic carbocycles. The lowest BCUT2D eigenvalue weighted by molar-refractivity contribution is 0.0920. The number of benzene rings is 1. The molecule has 24 heavy (non-hydrogen) atoms. The number of rotatable bonds is 3. The number of aromatic nitrogens is 2. The van der Waals surface area contributed by atoms with E-state index >= 15 is 0 Å². The molecule has 3 rings (SSSR count). The first-order chi connectivity index (χ1) is 11.7. The van der Waals surface area contributed by atoms with Crippen molar-refractivity contribution in [1.82, 2.24) is 15.3 Å². The molecule has 2 heterocycles. The van der Waals surface area contributed by atoms with Crippen LogP contribution in [0.2, 0.25) is 0 Å². The van der Waals surface area contributed by atoms with Crippen LogP contribution < -0.4 is 10.2 Å². The average Bonchev–Trinajstić information content (AvgIpc) is 2.63. The standard InChI is InChI=1S/C17H17N5O2/c18-9-12-3-1-2-4-15(12)22-7-5-13(6-8-22)21-17(24)16-19-10-14(23)11-20-16/h1-4,10-11,13,23H,5-8H2,(H,21,24). The highest BCUT2D eigenvalue weighted by Gasteiger charge is 2.23. The van der Waals surface area contributed by atoms with Crippen LogP contribution in [-0.4, -0.2) is 40.1 Å². The van der Waals surface area contributed by atoms with Gasteiger partial charge in [0.1, 0.15) is 6.07 Å². The van der Waals surface area contributed by atoms with Crippen molar-refractivity contribution in [3.05, 3.63) is 48.0 Å². The van der Waals surface area contributed by atoms with E-state index in [0.29, 0.717) is 5.56 Å². The molecule has 7 nitrogen and oxygen atoms in total. The Morgan fingerprint density at radius 3 is 2.58 bits per heavy atom. The summed E-state index contributed by atoms with van der Waals surface area (Å²) in [4.78, 5) is 21.9. The summed E-state index contributed by atoms with van der Waals surface area (Å²) in [5.74, 6) is -0.369. The van der Waals surface area contributed by atoms with Gasteiger partial charge >= 0.3 is 0 Å². The highest BCUT2D eigenvalue weighted by Crippen LogP contribution is 2.23. The normalized spacial score (nSPS) is 14.9. The van der Waals surface area contributed by atoms with Crippen LogP contribution in [0.3, 0.4) is 0 Å². The molecule has 1 aromatic carbocycles. The van der Waals surface area contributed by atoms with E-state index in [0.717, 1.165) is 31.6 Å². The van der Waals surface area contributed by atoms with E-state index < -0.39 is 0 Å². The third-order valence-corrected chi connectivity index (χ3v) is 4.04. The molecule has 2 aromatic rings. The van der Waals surface area contributed by atoms with Gasteiger partial charge in [-0.1, -0.05) is 12.1 Å². The molecule has 122 valence electrons. The molecule has 2 N–H and O–H groups in total. The zero-order valence-electron chi connectivity index (χ0n) is 13.0. The van der Waals surface area contributed by atoms with Gasteiger partial charge in [0.15, 0.2) is 5.75 Å². The summed E-state index contributed by atoms with van der Waals surface area (Å²) in [6.07, 6.45) is 3.96. The molecule has 7 heteroatoms. The fourth-order valence-corrected chi connectivity index (χ4v) is 2.80. The lowest BCUT2D eigenvalue weighted by Crippen LogP contribution is -2.45. The summed E-state index contributed by atoms with van der Waals surface area (Å²) < 4.78 is 0. The minimum atomic E-state index is -0.342. The lowest BCUT2D eigenvalue weighted by atomic mass is 10.0. The van der Waals surface area contributed by atoms with Gasteiger partial charge in [-0.3, -0.25) is 4.79 Å². The number of piperidine rings is 1. The molecule has 1 aliphatic rings. The van der Waals surface area contributed by atoms with Crippen LogP contribution in [-0.2, 0) is 0 Å². The quantitative estimate of drug-likeness (QED) is 0.886. The predicted molar refractivity (Wildman–Crippen MR) is 87.6 cm³/mol. The first-order valence-corrected chi connectivity index (χ1v) is 7.73. The van der Waals surface area contributed by atoms with E-state index in [2.05, 4.69) is 26.3 Å². The molecule has 0 saturated carbocycles. The molecule has 1 saturated heterocycles. The predicted octanol–water partition coefficient (Wildman–Crippen LogP) is 1.45. The second-order valence-electron chi connectivity index (χ2n) is 5.63. The van der Waals surface area contributed by atoms with E-state index in [1.807, 2.05) is 24.3 Å².